The van der Waals surface area contributed by atoms with Crippen molar-refractivity contribution >= 4 is 16.8 Å². The Morgan fingerprint density at radius 1 is 1.17 bits per heavy atom. The van der Waals surface area contributed by atoms with Crippen LogP contribution in [0.1, 0.15) is 46.4 Å². The highest BCUT2D eigenvalue weighted by atomic mass is 16.4. The summed E-state index contributed by atoms with van der Waals surface area (Å²) in [6.45, 7) is 4.87. The molecule has 0 unspecified atom stereocenters. The van der Waals surface area contributed by atoms with Crippen molar-refractivity contribution in [2.45, 2.75) is 32.7 Å². The molecule has 0 spiro atoms. The number of pyridine rings is 1. The second-order valence-electron chi connectivity index (χ2n) is 7.82. The first-order valence-corrected chi connectivity index (χ1v) is 10.2. The van der Waals surface area contributed by atoms with Gasteiger partial charge in [-0.1, -0.05) is 6.07 Å². The third-order valence-electron chi connectivity index (χ3n) is 6.18. The largest absolute Gasteiger partial charge is 0.417 e. The lowest BCUT2D eigenvalue weighted by molar-refractivity contribution is 0.0716. The topological polar surface area (TPSA) is 77.1 Å². The maximum atomic E-state index is 13.4. The molecular weight excluding hydrogens is 378 g/mol. The van der Waals surface area contributed by atoms with Crippen molar-refractivity contribution in [3.05, 3.63) is 65.3 Å². The molecule has 1 aromatic carbocycles. The molecule has 7 nitrogen and oxygen atoms in total. The van der Waals surface area contributed by atoms with Gasteiger partial charge in [0.2, 0.25) is 5.89 Å². The number of likely N-dealkylation sites (tertiary alicyclic amines) is 1. The maximum absolute atomic E-state index is 13.4. The van der Waals surface area contributed by atoms with E-state index in [2.05, 4.69) is 40.6 Å². The molecule has 5 rings (SSSR count). The number of fused-ring (bicyclic) bond motifs is 1. The minimum Gasteiger partial charge on any atom is -0.417 e. The number of hydrogen-bond donors (Lipinski definition) is 0. The Morgan fingerprint density at radius 3 is 2.83 bits per heavy atom. The van der Waals surface area contributed by atoms with Crippen LogP contribution < -0.4 is 0 Å². The predicted octanol–water partition coefficient (Wildman–Crippen LogP) is 4.22. The van der Waals surface area contributed by atoms with Crippen LogP contribution in [0, 0.1) is 13.8 Å². The molecule has 0 aliphatic carbocycles. The summed E-state index contributed by atoms with van der Waals surface area (Å²) in [5.41, 5.74) is 4.87. The molecule has 3 aromatic heterocycles. The fraction of sp³-hybridized carbons (Fsp3) is 0.304. The average molecular weight is 401 g/mol. The van der Waals surface area contributed by atoms with Crippen molar-refractivity contribution in [1.29, 1.82) is 0 Å². The molecule has 30 heavy (non-hydrogen) atoms. The highest BCUT2D eigenvalue weighted by Crippen LogP contribution is 2.34. The van der Waals surface area contributed by atoms with Crippen LogP contribution in [0.2, 0.25) is 0 Å². The van der Waals surface area contributed by atoms with Gasteiger partial charge < -0.3 is 13.9 Å². The molecule has 4 heterocycles. The van der Waals surface area contributed by atoms with E-state index in [1.54, 1.807) is 6.20 Å². The van der Waals surface area contributed by atoms with Crippen molar-refractivity contribution in [3.63, 3.8) is 0 Å². The highest BCUT2D eigenvalue weighted by molar-refractivity contribution is 5.99. The molecule has 0 bridgehead atoms. The molecule has 0 N–H and O–H groups in total. The normalized spacial score (nSPS) is 16.5. The zero-order chi connectivity index (χ0) is 20.8. The standard InChI is InChI=1S/C23H23N5O2/c1-14-15(2)27(3)19-10-9-16(13-17(14)19)23(29)28-12-6-8-20(28)22-26-25-21(30-22)18-7-4-5-11-24-18/h4-5,7,9-11,13,20H,6,8,12H2,1-3H3/t20-/m1/s1. The molecule has 1 fully saturated rings. The van der Waals surface area contributed by atoms with Gasteiger partial charge in [0.1, 0.15) is 11.7 Å². The van der Waals surface area contributed by atoms with E-state index in [0.717, 1.165) is 23.7 Å². The molecule has 152 valence electrons. The van der Waals surface area contributed by atoms with Gasteiger partial charge in [-0.25, -0.2) is 0 Å². The van der Waals surface area contributed by atoms with E-state index in [9.17, 15) is 4.79 Å². The maximum Gasteiger partial charge on any atom is 0.266 e. The van der Waals surface area contributed by atoms with Gasteiger partial charge in [0, 0.05) is 41.9 Å². The monoisotopic (exact) mass is 401 g/mol. The Bertz CT molecular complexity index is 1240. The number of aromatic nitrogens is 4. The fourth-order valence-corrected chi connectivity index (χ4v) is 4.28. The van der Waals surface area contributed by atoms with Gasteiger partial charge in [-0.2, -0.15) is 0 Å². The SMILES string of the molecule is Cc1c(C)n(C)c2ccc(C(=O)N3CCC[C@@H]3c3nnc(-c4ccccn4)o3)cc12. The summed E-state index contributed by atoms with van der Waals surface area (Å²) < 4.78 is 8.06. The molecule has 0 radical (unpaired) electrons. The molecule has 4 aromatic rings. The lowest BCUT2D eigenvalue weighted by Crippen LogP contribution is -2.30. The van der Waals surface area contributed by atoms with Gasteiger partial charge in [-0.05, 0) is 62.6 Å². The second-order valence-corrected chi connectivity index (χ2v) is 7.82. The first-order valence-electron chi connectivity index (χ1n) is 10.2. The zero-order valence-electron chi connectivity index (χ0n) is 17.3. The summed E-state index contributed by atoms with van der Waals surface area (Å²) >= 11 is 0. The van der Waals surface area contributed by atoms with Gasteiger partial charge in [-0.3, -0.25) is 9.78 Å². The Kier molecular flexibility index (Phi) is 4.38. The van der Waals surface area contributed by atoms with Crippen molar-refractivity contribution in [1.82, 2.24) is 24.6 Å². The van der Waals surface area contributed by atoms with Crippen LogP contribution in [0.5, 0.6) is 0 Å². The lowest BCUT2D eigenvalue weighted by Gasteiger charge is -2.22. The summed E-state index contributed by atoms with van der Waals surface area (Å²) in [6, 6.07) is 11.3. The average Bonchev–Trinajstić information content (AvgIpc) is 3.50. The van der Waals surface area contributed by atoms with Gasteiger partial charge in [0.25, 0.3) is 11.8 Å². The zero-order valence-corrected chi connectivity index (χ0v) is 17.3. The molecule has 7 heteroatoms. The van der Waals surface area contributed by atoms with Crippen LogP contribution in [-0.4, -0.2) is 37.1 Å². The first-order chi connectivity index (χ1) is 14.5. The second kappa shape index (κ2) is 7.09. The van der Waals surface area contributed by atoms with Crippen LogP contribution in [-0.2, 0) is 7.05 Å². The lowest BCUT2D eigenvalue weighted by atomic mass is 10.1. The van der Waals surface area contributed by atoms with Gasteiger partial charge in [-0.15, -0.1) is 10.2 Å². The Morgan fingerprint density at radius 2 is 2.03 bits per heavy atom. The van der Waals surface area contributed by atoms with E-state index in [0.29, 0.717) is 29.6 Å². The molecular formula is C23H23N5O2. The minimum atomic E-state index is -0.211. The summed E-state index contributed by atoms with van der Waals surface area (Å²) in [4.78, 5) is 19.5. The molecule has 1 atom stereocenters. The van der Waals surface area contributed by atoms with Crippen molar-refractivity contribution in [2.24, 2.45) is 7.05 Å². The highest BCUT2D eigenvalue weighted by Gasteiger charge is 2.34. The van der Waals surface area contributed by atoms with Crippen molar-refractivity contribution in [3.8, 4) is 11.6 Å². The smallest absolute Gasteiger partial charge is 0.266 e. The van der Waals surface area contributed by atoms with E-state index >= 15 is 0 Å². The summed E-state index contributed by atoms with van der Waals surface area (Å²) in [7, 11) is 2.05. The van der Waals surface area contributed by atoms with Crippen LogP contribution in [0.4, 0.5) is 0 Å². The predicted molar refractivity (Wildman–Crippen MR) is 113 cm³/mol. The van der Waals surface area contributed by atoms with Crippen LogP contribution in [0.25, 0.3) is 22.5 Å². The molecule has 1 amide bonds. The Hall–Kier alpha value is -3.48. The van der Waals surface area contributed by atoms with E-state index in [1.165, 1.54) is 11.3 Å². The van der Waals surface area contributed by atoms with Crippen LogP contribution >= 0.6 is 0 Å². The van der Waals surface area contributed by atoms with E-state index in [-0.39, 0.29) is 11.9 Å². The van der Waals surface area contributed by atoms with Gasteiger partial charge in [0.05, 0.1) is 0 Å². The Balaban J connectivity index is 1.45. The summed E-state index contributed by atoms with van der Waals surface area (Å²) in [5.74, 6) is 0.842. The molecule has 0 saturated carbocycles. The van der Waals surface area contributed by atoms with Crippen LogP contribution in [0.15, 0.2) is 47.0 Å². The van der Waals surface area contributed by atoms with E-state index in [4.69, 9.17) is 4.42 Å². The number of nitrogens with zero attached hydrogens (tertiary/aromatic N) is 5. The number of rotatable bonds is 3. The third kappa shape index (κ3) is 2.89. The van der Waals surface area contributed by atoms with Crippen molar-refractivity contribution in [2.75, 3.05) is 6.54 Å². The van der Waals surface area contributed by atoms with Crippen LogP contribution in [0.3, 0.4) is 0 Å². The van der Waals surface area contributed by atoms with Crippen molar-refractivity contribution < 1.29 is 9.21 Å². The summed E-state index contributed by atoms with van der Waals surface area (Å²) in [5, 5.41) is 9.49. The quantitative estimate of drug-likeness (QED) is 0.514. The number of carbonyl (C=O) groups is 1. The van der Waals surface area contributed by atoms with Gasteiger partial charge in [0.15, 0.2) is 0 Å². The van der Waals surface area contributed by atoms with E-state index < -0.39 is 0 Å². The Labute approximate surface area is 174 Å². The first kappa shape index (κ1) is 18.5. The summed E-state index contributed by atoms with van der Waals surface area (Å²) in [6.07, 6.45) is 3.40. The van der Waals surface area contributed by atoms with Gasteiger partial charge >= 0.3 is 0 Å². The third-order valence-corrected chi connectivity index (χ3v) is 6.18. The molecule has 1 aliphatic heterocycles. The molecule has 1 saturated heterocycles. The minimum absolute atomic E-state index is 0.00195. The number of carbonyl (C=O) groups excluding carboxylic acids is 1. The number of benzene rings is 1. The number of aryl methyl sites for hydroxylation is 2. The molecule has 1 aliphatic rings. The van der Waals surface area contributed by atoms with E-state index in [1.807, 2.05) is 41.3 Å². The number of amides is 1. The fourth-order valence-electron chi connectivity index (χ4n) is 4.28. The number of hydrogen-bond acceptors (Lipinski definition) is 5.